The van der Waals surface area contributed by atoms with Gasteiger partial charge in [-0.3, -0.25) is 4.79 Å². The summed E-state index contributed by atoms with van der Waals surface area (Å²) < 4.78 is 30.2. The minimum absolute atomic E-state index is 0.180. The van der Waals surface area contributed by atoms with Gasteiger partial charge in [-0.1, -0.05) is 0 Å². The van der Waals surface area contributed by atoms with Gasteiger partial charge in [0.1, 0.15) is 5.75 Å². The molecule has 0 bridgehead atoms. The molecule has 0 fully saturated rings. The number of nitrogens with one attached hydrogen (secondary N) is 1. The molecular weight excluding hydrogens is 262 g/mol. The van der Waals surface area contributed by atoms with E-state index >= 15 is 0 Å². The van der Waals surface area contributed by atoms with Crippen molar-refractivity contribution < 1.29 is 27.9 Å². The van der Waals surface area contributed by atoms with Crippen molar-refractivity contribution in [2.45, 2.75) is 10.9 Å². The number of carboxylic acid groups (broad SMARTS) is 1. The molecule has 0 saturated carbocycles. The van der Waals surface area contributed by atoms with Crippen molar-refractivity contribution in [1.29, 1.82) is 0 Å². The summed E-state index contributed by atoms with van der Waals surface area (Å²) in [4.78, 5) is 22.4. The Labute approximate surface area is 102 Å². The van der Waals surface area contributed by atoms with E-state index in [0.717, 1.165) is 0 Å². The zero-order valence-electron chi connectivity index (χ0n) is 9.21. The Hall–Kier alpha value is -1.93. The number of benzene rings is 1. The molecule has 0 spiro atoms. The molecule has 1 unspecified atom stereocenters. The van der Waals surface area contributed by atoms with E-state index in [1.807, 2.05) is 4.72 Å². The van der Waals surface area contributed by atoms with Crippen LogP contribution in [0.4, 0.5) is 0 Å². The van der Waals surface area contributed by atoms with Crippen LogP contribution in [-0.4, -0.2) is 38.4 Å². The highest BCUT2D eigenvalue weighted by atomic mass is 32.2. The fourth-order valence-electron chi connectivity index (χ4n) is 1.65. The number of rotatable bonds is 2. The maximum Gasteiger partial charge on any atom is 0.329 e. The molecule has 1 heterocycles. The molecule has 1 atom stereocenters. The third-order valence-corrected chi connectivity index (χ3v) is 4.00. The standard InChI is InChI=1S/C10H9NO6S/c1-17-5-2-3-7-6(4-5)9(12)8(10(13)14)11-18(7,15)16/h2-4,8,11H,1H3,(H,13,14). The summed E-state index contributed by atoms with van der Waals surface area (Å²) in [5, 5.41) is 8.81. The first-order valence-corrected chi connectivity index (χ1v) is 6.32. The highest BCUT2D eigenvalue weighted by Gasteiger charge is 2.40. The quantitative estimate of drug-likeness (QED) is 0.710. The first-order chi connectivity index (χ1) is 8.36. The number of ether oxygens (including phenoxy) is 1. The Balaban J connectivity index is 2.67. The molecule has 0 aliphatic carbocycles. The van der Waals surface area contributed by atoms with Gasteiger partial charge >= 0.3 is 5.97 Å². The van der Waals surface area contributed by atoms with Gasteiger partial charge in [-0.15, -0.1) is 0 Å². The minimum atomic E-state index is -4.00. The van der Waals surface area contributed by atoms with Crippen LogP contribution in [0.25, 0.3) is 0 Å². The molecule has 7 nitrogen and oxygen atoms in total. The number of carbonyl (C=O) groups is 2. The van der Waals surface area contributed by atoms with E-state index in [-0.39, 0.29) is 16.2 Å². The maximum atomic E-state index is 11.9. The van der Waals surface area contributed by atoms with Crippen molar-refractivity contribution in [1.82, 2.24) is 4.72 Å². The second kappa shape index (κ2) is 4.07. The van der Waals surface area contributed by atoms with E-state index < -0.39 is 27.8 Å². The number of methoxy groups -OCH3 is 1. The van der Waals surface area contributed by atoms with Crippen molar-refractivity contribution in [3.63, 3.8) is 0 Å². The van der Waals surface area contributed by atoms with Crippen LogP contribution < -0.4 is 9.46 Å². The van der Waals surface area contributed by atoms with Gasteiger partial charge in [-0.2, -0.15) is 4.72 Å². The number of carboxylic acids is 1. The van der Waals surface area contributed by atoms with Crippen LogP contribution in [0.15, 0.2) is 23.1 Å². The number of hydrogen-bond acceptors (Lipinski definition) is 5. The van der Waals surface area contributed by atoms with E-state index in [0.29, 0.717) is 0 Å². The lowest BCUT2D eigenvalue weighted by molar-refractivity contribution is -0.137. The van der Waals surface area contributed by atoms with Crippen LogP contribution in [0.2, 0.25) is 0 Å². The summed E-state index contributed by atoms with van der Waals surface area (Å²) in [6.07, 6.45) is 0. The summed E-state index contributed by atoms with van der Waals surface area (Å²) >= 11 is 0. The number of fused-ring (bicyclic) bond motifs is 1. The monoisotopic (exact) mass is 271 g/mol. The smallest absolute Gasteiger partial charge is 0.329 e. The highest BCUT2D eigenvalue weighted by Crippen LogP contribution is 2.26. The average molecular weight is 271 g/mol. The number of sulfonamides is 1. The van der Waals surface area contributed by atoms with E-state index in [2.05, 4.69) is 0 Å². The van der Waals surface area contributed by atoms with Crippen molar-refractivity contribution in [2.75, 3.05) is 7.11 Å². The molecule has 8 heteroatoms. The summed E-state index contributed by atoms with van der Waals surface area (Å²) in [5.41, 5.74) is -0.180. The second-order valence-corrected chi connectivity index (χ2v) is 5.30. The molecule has 0 radical (unpaired) electrons. The van der Waals surface area contributed by atoms with Crippen molar-refractivity contribution >= 4 is 21.8 Å². The fourth-order valence-corrected chi connectivity index (χ4v) is 2.99. The van der Waals surface area contributed by atoms with Crippen molar-refractivity contribution in [3.05, 3.63) is 23.8 Å². The molecular formula is C10H9NO6S. The molecule has 2 rings (SSSR count). The second-order valence-electron chi connectivity index (χ2n) is 3.62. The fraction of sp³-hybridized carbons (Fsp3) is 0.200. The lowest BCUT2D eigenvalue weighted by Gasteiger charge is -2.22. The van der Waals surface area contributed by atoms with Crippen LogP contribution in [0.3, 0.4) is 0 Å². The Kier molecular flexibility index (Phi) is 2.83. The molecule has 1 aliphatic heterocycles. The first kappa shape index (κ1) is 12.5. The van der Waals surface area contributed by atoms with Crippen molar-refractivity contribution in [2.24, 2.45) is 0 Å². The molecule has 0 aromatic heterocycles. The van der Waals surface area contributed by atoms with E-state index in [1.165, 1.54) is 25.3 Å². The molecule has 1 aromatic carbocycles. The zero-order valence-corrected chi connectivity index (χ0v) is 10.0. The molecule has 0 amide bonds. The molecule has 1 aromatic rings. The predicted octanol–water partition coefficient (Wildman–Crippen LogP) is -0.377. The van der Waals surface area contributed by atoms with Gasteiger partial charge in [0, 0.05) is 5.56 Å². The molecule has 1 aliphatic rings. The third-order valence-electron chi connectivity index (χ3n) is 2.52. The summed E-state index contributed by atoms with van der Waals surface area (Å²) in [6, 6.07) is 2.00. The molecule has 2 N–H and O–H groups in total. The van der Waals surface area contributed by atoms with Crippen molar-refractivity contribution in [3.8, 4) is 5.75 Å². The highest BCUT2D eigenvalue weighted by molar-refractivity contribution is 7.89. The zero-order chi connectivity index (χ0) is 13.5. The van der Waals surface area contributed by atoms with Gasteiger partial charge in [0.2, 0.25) is 10.0 Å². The number of carbonyl (C=O) groups excluding carboxylic acids is 1. The lowest BCUT2D eigenvalue weighted by Crippen LogP contribution is -2.50. The number of aliphatic carboxylic acids is 1. The van der Waals surface area contributed by atoms with Gasteiger partial charge in [0.05, 0.1) is 12.0 Å². The van der Waals surface area contributed by atoms with Crippen LogP contribution in [0.5, 0.6) is 5.75 Å². The summed E-state index contributed by atoms with van der Waals surface area (Å²) in [6.45, 7) is 0. The number of Topliss-reactive ketones (excluding diaryl/α,β-unsaturated/α-hetero) is 1. The summed E-state index contributed by atoms with van der Waals surface area (Å²) in [7, 11) is -2.64. The molecule has 96 valence electrons. The van der Waals surface area contributed by atoms with E-state index in [1.54, 1.807) is 0 Å². The Morgan fingerprint density at radius 1 is 1.44 bits per heavy atom. The average Bonchev–Trinajstić information content (AvgIpc) is 2.33. The van der Waals surface area contributed by atoms with Crippen LogP contribution in [-0.2, 0) is 14.8 Å². The van der Waals surface area contributed by atoms with Gasteiger partial charge in [-0.25, -0.2) is 13.2 Å². The van der Waals surface area contributed by atoms with Gasteiger partial charge in [-0.05, 0) is 18.2 Å². The normalized spacial score (nSPS) is 21.2. The molecule has 18 heavy (non-hydrogen) atoms. The molecule has 0 saturated heterocycles. The van der Waals surface area contributed by atoms with Crippen LogP contribution in [0.1, 0.15) is 10.4 Å². The Morgan fingerprint density at radius 2 is 2.11 bits per heavy atom. The topological polar surface area (TPSA) is 110 Å². The number of hydrogen-bond donors (Lipinski definition) is 2. The maximum absolute atomic E-state index is 11.9. The largest absolute Gasteiger partial charge is 0.497 e. The van der Waals surface area contributed by atoms with Gasteiger partial charge in [0.25, 0.3) is 0 Å². The lowest BCUT2D eigenvalue weighted by atomic mass is 10.0. The predicted molar refractivity (Wildman–Crippen MR) is 59.1 cm³/mol. The van der Waals surface area contributed by atoms with Crippen LogP contribution >= 0.6 is 0 Å². The van der Waals surface area contributed by atoms with Crippen LogP contribution in [0, 0.1) is 0 Å². The third kappa shape index (κ3) is 1.85. The number of ketones is 1. The Morgan fingerprint density at radius 3 is 2.67 bits per heavy atom. The first-order valence-electron chi connectivity index (χ1n) is 4.84. The summed E-state index contributed by atoms with van der Waals surface area (Å²) in [5.74, 6) is -2.08. The van der Waals surface area contributed by atoms with E-state index in [9.17, 15) is 18.0 Å². The van der Waals surface area contributed by atoms with Gasteiger partial charge < -0.3 is 9.84 Å². The van der Waals surface area contributed by atoms with Gasteiger partial charge in [0.15, 0.2) is 11.8 Å². The SMILES string of the molecule is COc1ccc2c(c1)C(=O)C(C(=O)O)NS2(=O)=O. The Bertz CT molecular complexity index is 636. The minimum Gasteiger partial charge on any atom is -0.497 e. The van der Waals surface area contributed by atoms with E-state index in [4.69, 9.17) is 9.84 Å².